The first kappa shape index (κ1) is 17.2. The Bertz CT molecular complexity index is 856. The number of nitrogens with zero attached hydrogens (tertiary/aromatic N) is 1. The number of Topliss-reactive ketones (excluding diaryl/α,β-unsaturated/α-hetero) is 1. The molecule has 1 aliphatic heterocycles. The lowest BCUT2D eigenvalue weighted by molar-refractivity contribution is -0.139. The van der Waals surface area contributed by atoms with Crippen LogP contribution in [0.1, 0.15) is 17.2 Å². The third kappa shape index (κ3) is 3.15. The van der Waals surface area contributed by atoms with E-state index < -0.39 is 17.7 Å². The number of amides is 1. The molecular formula is C20H16BrNO3. The van der Waals surface area contributed by atoms with E-state index in [1.807, 2.05) is 30.3 Å². The van der Waals surface area contributed by atoms with Gasteiger partial charge in [0.15, 0.2) is 0 Å². The number of carbonyl (C=O) groups is 2. The van der Waals surface area contributed by atoms with Gasteiger partial charge in [0.2, 0.25) is 0 Å². The van der Waals surface area contributed by atoms with Gasteiger partial charge in [0, 0.05) is 16.6 Å². The average molecular weight is 398 g/mol. The van der Waals surface area contributed by atoms with E-state index in [1.54, 1.807) is 30.3 Å². The lowest BCUT2D eigenvalue weighted by atomic mass is 9.95. The van der Waals surface area contributed by atoms with Crippen LogP contribution in [0.25, 0.3) is 5.76 Å². The zero-order chi connectivity index (χ0) is 18.0. The molecule has 1 N–H and O–H groups in total. The quantitative estimate of drug-likeness (QED) is 0.366. The summed E-state index contributed by atoms with van der Waals surface area (Å²) in [6, 6.07) is 15.5. The van der Waals surface area contributed by atoms with Crippen LogP contribution in [0.5, 0.6) is 0 Å². The SMILES string of the molecule is C=CCN1C(=O)C(=O)/C(=C(/O)c2ccc(Br)cc2)C1c1ccccc1. The van der Waals surface area contributed by atoms with Crippen molar-refractivity contribution in [3.8, 4) is 0 Å². The van der Waals surface area contributed by atoms with E-state index in [9.17, 15) is 14.7 Å². The van der Waals surface area contributed by atoms with Crippen molar-refractivity contribution in [3.05, 3.63) is 88.4 Å². The molecule has 1 unspecified atom stereocenters. The number of aliphatic hydroxyl groups is 1. The molecule has 1 saturated heterocycles. The van der Waals surface area contributed by atoms with Crippen molar-refractivity contribution in [2.75, 3.05) is 6.54 Å². The van der Waals surface area contributed by atoms with Gasteiger partial charge >= 0.3 is 0 Å². The Morgan fingerprint density at radius 3 is 2.36 bits per heavy atom. The summed E-state index contributed by atoms with van der Waals surface area (Å²) in [6.45, 7) is 3.88. The molecule has 1 fully saturated rings. The molecule has 0 spiro atoms. The van der Waals surface area contributed by atoms with Crippen LogP contribution in [-0.2, 0) is 9.59 Å². The Hall–Kier alpha value is -2.66. The maximum absolute atomic E-state index is 12.6. The molecule has 0 aromatic heterocycles. The van der Waals surface area contributed by atoms with Gasteiger partial charge < -0.3 is 10.0 Å². The monoisotopic (exact) mass is 397 g/mol. The van der Waals surface area contributed by atoms with Crippen LogP contribution in [0.3, 0.4) is 0 Å². The van der Waals surface area contributed by atoms with Crippen LogP contribution in [0.2, 0.25) is 0 Å². The molecule has 25 heavy (non-hydrogen) atoms. The second-order valence-corrected chi connectivity index (χ2v) is 6.57. The van der Waals surface area contributed by atoms with Crippen LogP contribution in [-0.4, -0.2) is 28.2 Å². The van der Waals surface area contributed by atoms with Crippen LogP contribution in [0.15, 0.2) is 77.3 Å². The summed E-state index contributed by atoms with van der Waals surface area (Å²) >= 11 is 3.34. The van der Waals surface area contributed by atoms with Crippen molar-refractivity contribution in [1.29, 1.82) is 0 Å². The lowest BCUT2D eigenvalue weighted by Gasteiger charge is -2.24. The highest BCUT2D eigenvalue weighted by Gasteiger charge is 2.45. The van der Waals surface area contributed by atoms with E-state index in [4.69, 9.17) is 0 Å². The van der Waals surface area contributed by atoms with E-state index in [1.165, 1.54) is 4.90 Å². The molecule has 0 saturated carbocycles. The Balaban J connectivity index is 2.19. The summed E-state index contributed by atoms with van der Waals surface area (Å²) < 4.78 is 0.857. The summed E-state index contributed by atoms with van der Waals surface area (Å²) in [5, 5.41) is 10.8. The minimum Gasteiger partial charge on any atom is -0.507 e. The fourth-order valence-electron chi connectivity index (χ4n) is 2.95. The Labute approximate surface area is 154 Å². The van der Waals surface area contributed by atoms with Crippen molar-refractivity contribution in [2.24, 2.45) is 0 Å². The van der Waals surface area contributed by atoms with Crippen LogP contribution in [0.4, 0.5) is 0 Å². The van der Waals surface area contributed by atoms with Crippen LogP contribution < -0.4 is 0 Å². The number of rotatable bonds is 4. The fourth-order valence-corrected chi connectivity index (χ4v) is 3.22. The van der Waals surface area contributed by atoms with Crippen molar-refractivity contribution in [1.82, 2.24) is 4.90 Å². The highest BCUT2D eigenvalue weighted by Crippen LogP contribution is 2.39. The minimum absolute atomic E-state index is 0.0976. The number of aliphatic hydroxyl groups excluding tert-OH is 1. The molecule has 1 atom stereocenters. The first-order chi connectivity index (χ1) is 12.0. The molecule has 2 aromatic carbocycles. The standard InChI is InChI=1S/C20H16BrNO3/c1-2-12-22-17(13-6-4-3-5-7-13)16(19(24)20(22)25)18(23)14-8-10-15(21)11-9-14/h2-11,17,23H,1,12H2/b18-16+. The number of carbonyl (C=O) groups excluding carboxylic acids is 2. The Morgan fingerprint density at radius 2 is 1.76 bits per heavy atom. The van der Waals surface area contributed by atoms with Gasteiger partial charge in [-0.3, -0.25) is 9.59 Å². The van der Waals surface area contributed by atoms with Gasteiger partial charge in [-0.05, 0) is 17.7 Å². The number of ketones is 1. The van der Waals surface area contributed by atoms with E-state index >= 15 is 0 Å². The molecule has 126 valence electrons. The maximum atomic E-state index is 12.6. The van der Waals surface area contributed by atoms with Gasteiger partial charge in [-0.1, -0.05) is 64.5 Å². The molecule has 0 radical (unpaired) electrons. The Kier molecular flexibility index (Phi) is 4.86. The van der Waals surface area contributed by atoms with Gasteiger partial charge in [-0.25, -0.2) is 0 Å². The molecular weight excluding hydrogens is 382 g/mol. The first-order valence-corrected chi connectivity index (χ1v) is 8.54. The summed E-state index contributed by atoms with van der Waals surface area (Å²) in [5.41, 5.74) is 1.35. The largest absolute Gasteiger partial charge is 0.507 e. The predicted octanol–water partition coefficient (Wildman–Crippen LogP) is 4.06. The highest BCUT2D eigenvalue weighted by atomic mass is 79.9. The van der Waals surface area contributed by atoms with Gasteiger partial charge in [0.25, 0.3) is 11.7 Å². The molecule has 2 aromatic rings. The average Bonchev–Trinajstić information content (AvgIpc) is 2.88. The van der Waals surface area contributed by atoms with Crippen molar-refractivity contribution in [3.63, 3.8) is 0 Å². The van der Waals surface area contributed by atoms with E-state index in [0.717, 1.165) is 10.0 Å². The Morgan fingerprint density at radius 1 is 1.12 bits per heavy atom. The van der Waals surface area contributed by atoms with Gasteiger partial charge in [-0.2, -0.15) is 0 Å². The normalized spacial score (nSPS) is 19.2. The van der Waals surface area contributed by atoms with E-state index in [0.29, 0.717) is 5.56 Å². The lowest BCUT2D eigenvalue weighted by Crippen LogP contribution is -2.29. The van der Waals surface area contributed by atoms with Crippen molar-refractivity contribution in [2.45, 2.75) is 6.04 Å². The van der Waals surface area contributed by atoms with Crippen molar-refractivity contribution < 1.29 is 14.7 Å². The third-order valence-corrected chi connectivity index (χ3v) is 4.63. The third-order valence-electron chi connectivity index (χ3n) is 4.10. The number of likely N-dealkylation sites (tertiary alicyclic amines) is 1. The number of benzene rings is 2. The zero-order valence-electron chi connectivity index (χ0n) is 13.4. The molecule has 5 heteroatoms. The second-order valence-electron chi connectivity index (χ2n) is 5.66. The zero-order valence-corrected chi connectivity index (χ0v) is 14.9. The smallest absolute Gasteiger partial charge is 0.295 e. The summed E-state index contributed by atoms with van der Waals surface area (Å²) in [7, 11) is 0. The molecule has 1 amide bonds. The number of hydrogen-bond acceptors (Lipinski definition) is 3. The predicted molar refractivity (Wildman–Crippen MR) is 99.8 cm³/mol. The second kappa shape index (κ2) is 7.07. The topological polar surface area (TPSA) is 57.6 Å². The number of halogens is 1. The number of hydrogen-bond donors (Lipinski definition) is 1. The van der Waals surface area contributed by atoms with Crippen molar-refractivity contribution >= 4 is 33.4 Å². The van der Waals surface area contributed by atoms with E-state index in [-0.39, 0.29) is 17.9 Å². The van der Waals surface area contributed by atoms with Crippen LogP contribution >= 0.6 is 15.9 Å². The molecule has 0 bridgehead atoms. The molecule has 3 rings (SSSR count). The summed E-state index contributed by atoms with van der Waals surface area (Å²) in [4.78, 5) is 26.5. The fraction of sp³-hybridized carbons (Fsp3) is 0.100. The summed E-state index contributed by atoms with van der Waals surface area (Å²) in [5.74, 6) is -1.49. The molecule has 1 aliphatic rings. The minimum atomic E-state index is -0.684. The highest BCUT2D eigenvalue weighted by molar-refractivity contribution is 9.10. The molecule has 4 nitrogen and oxygen atoms in total. The summed E-state index contributed by atoms with van der Waals surface area (Å²) in [6.07, 6.45) is 1.57. The molecule has 1 heterocycles. The van der Waals surface area contributed by atoms with Gasteiger partial charge in [0.1, 0.15) is 5.76 Å². The maximum Gasteiger partial charge on any atom is 0.295 e. The van der Waals surface area contributed by atoms with Gasteiger partial charge in [0.05, 0.1) is 11.6 Å². The van der Waals surface area contributed by atoms with Gasteiger partial charge in [-0.15, -0.1) is 6.58 Å². The van der Waals surface area contributed by atoms with Crippen LogP contribution in [0, 0.1) is 0 Å². The molecule has 0 aliphatic carbocycles. The van der Waals surface area contributed by atoms with E-state index in [2.05, 4.69) is 22.5 Å². The first-order valence-electron chi connectivity index (χ1n) is 7.74.